The van der Waals surface area contributed by atoms with Crippen molar-refractivity contribution in [1.82, 2.24) is 15.1 Å². The van der Waals surface area contributed by atoms with Crippen LogP contribution in [-0.2, 0) is 20.9 Å². The highest BCUT2D eigenvalue weighted by Gasteiger charge is 2.44. The highest BCUT2D eigenvalue weighted by atomic mass is 16.5. The molecule has 1 N–H and O–H groups in total. The third-order valence-corrected chi connectivity index (χ3v) is 6.47. The van der Waals surface area contributed by atoms with E-state index in [-0.39, 0.29) is 36.3 Å². The molecule has 32 heavy (non-hydrogen) atoms. The zero-order chi connectivity index (χ0) is 23.1. The van der Waals surface area contributed by atoms with Crippen LogP contribution in [0, 0.1) is 5.92 Å². The minimum absolute atomic E-state index is 0.0533. The maximum absolute atomic E-state index is 13.6. The molecule has 1 aliphatic carbocycles. The second-order valence-corrected chi connectivity index (χ2v) is 9.48. The van der Waals surface area contributed by atoms with Crippen LogP contribution < -0.4 is 5.32 Å². The Balaban J connectivity index is 1.86. The molecule has 2 atom stereocenters. The van der Waals surface area contributed by atoms with Crippen LogP contribution in [0.5, 0.6) is 0 Å². The molecule has 1 saturated heterocycles. The Labute approximate surface area is 191 Å². The predicted molar refractivity (Wildman–Crippen MR) is 123 cm³/mol. The van der Waals surface area contributed by atoms with Crippen LogP contribution >= 0.6 is 0 Å². The van der Waals surface area contributed by atoms with Gasteiger partial charge >= 0.3 is 12.0 Å². The lowest BCUT2D eigenvalue weighted by Crippen LogP contribution is -2.66. The summed E-state index contributed by atoms with van der Waals surface area (Å²) in [5.74, 6) is -0.199. The number of nitrogens with one attached hydrogen (secondary N) is 1. The zero-order valence-corrected chi connectivity index (χ0v) is 19.6. The summed E-state index contributed by atoms with van der Waals surface area (Å²) in [5, 5.41) is 3.16. The first-order chi connectivity index (χ1) is 15.4. The van der Waals surface area contributed by atoms with E-state index in [0.29, 0.717) is 19.5 Å². The monoisotopic (exact) mass is 443 g/mol. The van der Waals surface area contributed by atoms with Gasteiger partial charge in [-0.05, 0) is 30.7 Å². The average Bonchev–Trinajstić information content (AvgIpc) is 2.78. The van der Waals surface area contributed by atoms with E-state index in [1.165, 1.54) is 13.5 Å². The van der Waals surface area contributed by atoms with Gasteiger partial charge in [0.05, 0.1) is 19.6 Å². The van der Waals surface area contributed by atoms with Gasteiger partial charge in [0.15, 0.2) is 0 Å². The number of carbonyl (C=O) groups excluding carboxylic acids is 3. The lowest BCUT2D eigenvalue weighted by atomic mass is 9.94. The van der Waals surface area contributed by atoms with Crippen LogP contribution in [0.4, 0.5) is 4.79 Å². The maximum atomic E-state index is 13.6. The van der Waals surface area contributed by atoms with E-state index in [2.05, 4.69) is 19.2 Å². The summed E-state index contributed by atoms with van der Waals surface area (Å²) in [7, 11) is 1.36. The molecule has 2 aliphatic rings. The van der Waals surface area contributed by atoms with Crippen molar-refractivity contribution >= 4 is 17.9 Å². The largest absolute Gasteiger partial charge is 0.469 e. The minimum Gasteiger partial charge on any atom is -0.469 e. The fraction of sp³-hybridized carbons (Fsp3) is 0.640. The van der Waals surface area contributed by atoms with Crippen molar-refractivity contribution in [2.45, 2.75) is 83.5 Å². The van der Waals surface area contributed by atoms with E-state index in [4.69, 9.17) is 4.74 Å². The number of carbonyl (C=O) groups is 3. The average molecular weight is 444 g/mol. The number of methoxy groups -OCH3 is 1. The van der Waals surface area contributed by atoms with Crippen LogP contribution in [-0.4, -0.2) is 59.5 Å². The van der Waals surface area contributed by atoms with E-state index in [1.54, 1.807) is 9.80 Å². The first-order valence-corrected chi connectivity index (χ1v) is 11.9. The number of ether oxygens (including phenoxy) is 1. The van der Waals surface area contributed by atoms with Crippen molar-refractivity contribution < 1.29 is 19.1 Å². The van der Waals surface area contributed by atoms with Crippen molar-refractivity contribution in [3.63, 3.8) is 0 Å². The minimum atomic E-state index is -0.592. The molecule has 7 heteroatoms. The molecule has 0 aromatic heterocycles. The molecule has 0 radical (unpaired) electrons. The van der Waals surface area contributed by atoms with Crippen LogP contribution in [0.2, 0.25) is 0 Å². The number of piperazine rings is 1. The molecule has 2 fully saturated rings. The van der Waals surface area contributed by atoms with Gasteiger partial charge in [0.2, 0.25) is 5.91 Å². The summed E-state index contributed by atoms with van der Waals surface area (Å²) in [6.45, 7) is 4.88. The Bertz CT molecular complexity index is 777. The zero-order valence-electron chi connectivity index (χ0n) is 19.6. The summed E-state index contributed by atoms with van der Waals surface area (Å²) < 4.78 is 4.93. The quantitative estimate of drug-likeness (QED) is 0.652. The second kappa shape index (κ2) is 11.3. The van der Waals surface area contributed by atoms with Crippen LogP contribution in [0.3, 0.4) is 0 Å². The van der Waals surface area contributed by atoms with Gasteiger partial charge in [-0.25, -0.2) is 4.79 Å². The Morgan fingerprint density at radius 2 is 1.81 bits per heavy atom. The van der Waals surface area contributed by atoms with Crippen molar-refractivity contribution in [2.24, 2.45) is 5.92 Å². The van der Waals surface area contributed by atoms with Gasteiger partial charge in [-0.1, -0.05) is 63.4 Å². The molecule has 2 unspecified atom stereocenters. The van der Waals surface area contributed by atoms with Gasteiger partial charge in [0.1, 0.15) is 6.04 Å². The van der Waals surface area contributed by atoms with Gasteiger partial charge < -0.3 is 19.9 Å². The molecule has 7 nitrogen and oxygen atoms in total. The SMILES string of the molecule is COC(=O)CC1CN(Cc2ccccc2)C(=O)C(CC(C)C)N1C(=O)NC1CCCCC1. The third kappa shape index (κ3) is 6.24. The number of esters is 1. The second-order valence-electron chi connectivity index (χ2n) is 9.48. The van der Waals surface area contributed by atoms with Crippen LogP contribution in [0.25, 0.3) is 0 Å². The standard InChI is InChI=1S/C25H37N3O4/c1-18(2)14-22-24(30)27(16-19-10-6-4-7-11-19)17-21(15-23(29)32-3)28(22)25(31)26-20-12-8-5-9-13-20/h4,6-7,10-11,18,20-22H,5,8-9,12-17H2,1-3H3,(H,26,31). The van der Waals surface area contributed by atoms with E-state index in [0.717, 1.165) is 31.2 Å². The lowest BCUT2D eigenvalue weighted by Gasteiger charge is -2.46. The van der Waals surface area contributed by atoms with Crippen LogP contribution in [0.1, 0.15) is 64.4 Å². The Hall–Kier alpha value is -2.57. The topological polar surface area (TPSA) is 79.0 Å². The summed E-state index contributed by atoms with van der Waals surface area (Å²) in [4.78, 5) is 42.7. The first kappa shape index (κ1) is 24.1. The molecular formula is C25H37N3O4. The Kier molecular flexibility index (Phi) is 8.53. The third-order valence-electron chi connectivity index (χ3n) is 6.47. The molecule has 176 valence electrons. The van der Waals surface area contributed by atoms with Gasteiger partial charge in [-0.3, -0.25) is 9.59 Å². The fourth-order valence-electron chi connectivity index (χ4n) is 4.87. The number of amides is 3. The molecule has 0 spiro atoms. The number of urea groups is 1. The van der Waals surface area contributed by atoms with E-state index in [1.807, 2.05) is 30.3 Å². The molecular weight excluding hydrogens is 406 g/mol. The maximum Gasteiger partial charge on any atom is 0.318 e. The first-order valence-electron chi connectivity index (χ1n) is 11.9. The van der Waals surface area contributed by atoms with Crippen molar-refractivity contribution in [2.75, 3.05) is 13.7 Å². The highest BCUT2D eigenvalue weighted by Crippen LogP contribution is 2.27. The van der Waals surface area contributed by atoms with Gasteiger partial charge in [0, 0.05) is 19.1 Å². The summed E-state index contributed by atoms with van der Waals surface area (Å²) in [6, 6.07) is 8.71. The van der Waals surface area contributed by atoms with Gasteiger partial charge in [0.25, 0.3) is 0 Å². The van der Waals surface area contributed by atoms with Gasteiger partial charge in [-0.15, -0.1) is 0 Å². The Morgan fingerprint density at radius 3 is 2.44 bits per heavy atom. The number of rotatable bonds is 7. The molecule has 1 aliphatic heterocycles. The lowest BCUT2D eigenvalue weighted by molar-refractivity contribution is -0.150. The van der Waals surface area contributed by atoms with E-state index in [9.17, 15) is 14.4 Å². The molecule has 3 rings (SSSR count). The van der Waals surface area contributed by atoms with Crippen molar-refractivity contribution in [1.29, 1.82) is 0 Å². The van der Waals surface area contributed by atoms with E-state index >= 15 is 0 Å². The summed E-state index contributed by atoms with van der Waals surface area (Å²) >= 11 is 0. The van der Waals surface area contributed by atoms with Gasteiger partial charge in [-0.2, -0.15) is 0 Å². The Morgan fingerprint density at radius 1 is 1.12 bits per heavy atom. The number of hydrogen-bond acceptors (Lipinski definition) is 4. The predicted octanol–water partition coefficient (Wildman–Crippen LogP) is 3.72. The normalized spacial score (nSPS) is 22.2. The fourth-order valence-corrected chi connectivity index (χ4v) is 4.87. The van der Waals surface area contributed by atoms with E-state index < -0.39 is 12.1 Å². The summed E-state index contributed by atoms with van der Waals surface area (Å²) in [6.07, 6.45) is 5.96. The molecule has 3 amide bonds. The highest BCUT2D eigenvalue weighted by molar-refractivity contribution is 5.89. The molecule has 1 aromatic carbocycles. The molecule has 1 heterocycles. The number of hydrogen-bond donors (Lipinski definition) is 1. The molecule has 0 bridgehead atoms. The molecule has 1 aromatic rings. The van der Waals surface area contributed by atoms with Crippen LogP contribution in [0.15, 0.2) is 30.3 Å². The van der Waals surface area contributed by atoms with Crippen molar-refractivity contribution in [3.8, 4) is 0 Å². The smallest absolute Gasteiger partial charge is 0.318 e. The number of nitrogens with zero attached hydrogens (tertiary/aromatic N) is 2. The number of benzene rings is 1. The summed E-state index contributed by atoms with van der Waals surface area (Å²) in [5.41, 5.74) is 1.03. The van der Waals surface area contributed by atoms with Crippen molar-refractivity contribution in [3.05, 3.63) is 35.9 Å². The molecule has 1 saturated carbocycles.